The normalized spacial score (nSPS) is 28.7. The van der Waals surface area contributed by atoms with E-state index in [0.717, 1.165) is 5.52 Å². The number of aliphatic hydroxyl groups is 1. The van der Waals surface area contributed by atoms with E-state index in [-0.39, 0.29) is 49.0 Å². The lowest BCUT2D eigenvalue weighted by molar-refractivity contribution is -0.157. The number of benzene rings is 1. The summed E-state index contributed by atoms with van der Waals surface area (Å²) in [6, 6.07) is 5.73. The SMILES string of the molecule is C=CCCOC(=O)[C@H]1[C@H]2C(=O)N([C@@H](CO)CC(C)C)C(C(=O)N(CC=C)Cn3nnc4ccccc43)C23CC(Br)[C@@H]1O3. The number of likely N-dealkylation sites (tertiary alicyclic amines) is 1. The second kappa shape index (κ2) is 12.3. The zero-order valence-corrected chi connectivity index (χ0v) is 25.6. The smallest absolute Gasteiger partial charge is 0.312 e. The summed E-state index contributed by atoms with van der Waals surface area (Å²) in [6.07, 6.45) is 3.95. The predicted molar refractivity (Wildman–Crippen MR) is 158 cm³/mol. The van der Waals surface area contributed by atoms with Gasteiger partial charge in [0.15, 0.2) is 0 Å². The number of carbonyl (C=O) groups excluding carboxylic acids is 3. The van der Waals surface area contributed by atoms with Crippen molar-refractivity contribution in [2.75, 3.05) is 19.8 Å². The molecule has 1 aromatic heterocycles. The van der Waals surface area contributed by atoms with E-state index in [4.69, 9.17) is 9.47 Å². The Morgan fingerprint density at radius 2 is 2.07 bits per heavy atom. The van der Waals surface area contributed by atoms with Gasteiger partial charge < -0.3 is 24.4 Å². The Morgan fingerprint density at radius 1 is 1.31 bits per heavy atom. The predicted octanol–water partition coefficient (Wildman–Crippen LogP) is 2.68. The van der Waals surface area contributed by atoms with Crippen molar-refractivity contribution < 1.29 is 29.0 Å². The third-order valence-electron chi connectivity index (χ3n) is 8.53. The average Bonchev–Trinajstić information content (AvgIpc) is 3.68. The fourth-order valence-electron chi connectivity index (χ4n) is 6.90. The number of aliphatic hydroxyl groups excluding tert-OH is 1. The van der Waals surface area contributed by atoms with Crippen LogP contribution in [-0.4, -0.2) is 96.1 Å². The van der Waals surface area contributed by atoms with Crippen molar-refractivity contribution in [3.63, 3.8) is 0 Å². The molecule has 2 bridgehead atoms. The number of halogens is 1. The summed E-state index contributed by atoms with van der Waals surface area (Å²) in [5.41, 5.74) is 0.169. The van der Waals surface area contributed by atoms with Gasteiger partial charge in [0.25, 0.3) is 0 Å². The minimum atomic E-state index is -1.27. The first-order valence-corrected chi connectivity index (χ1v) is 15.3. The third kappa shape index (κ3) is 5.07. The van der Waals surface area contributed by atoms with E-state index in [2.05, 4.69) is 39.4 Å². The molecule has 4 heterocycles. The van der Waals surface area contributed by atoms with Gasteiger partial charge >= 0.3 is 5.97 Å². The average molecular weight is 645 g/mol. The van der Waals surface area contributed by atoms with Crippen LogP contribution in [0.25, 0.3) is 11.0 Å². The molecule has 3 saturated heterocycles. The van der Waals surface area contributed by atoms with Gasteiger partial charge in [-0.3, -0.25) is 14.4 Å². The van der Waals surface area contributed by atoms with Crippen LogP contribution in [0.2, 0.25) is 0 Å². The van der Waals surface area contributed by atoms with Crippen LogP contribution in [0.15, 0.2) is 49.6 Å². The molecule has 1 spiro atoms. The number of para-hydroxylation sites is 1. The number of ether oxygens (including phenoxy) is 2. The van der Waals surface area contributed by atoms with Crippen molar-refractivity contribution >= 4 is 44.7 Å². The largest absolute Gasteiger partial charge is 0.465 e. The van der Waals surface area contributed by atoms with E-state index in [9.17, 15) is 19.5 Å². The van der Waals surface area contributed by atoms with Gasteiger partial charge in [-0.2, -0.15) is 0 Å². The van der Waals surface area contributed by atoms with E-state index in [1.807, 2.05) is 38.1 Å². The van der Waals surface area contributed by atoms with Gasteiger partial charge in [-0.1, -0.05) is 59.3 Å². The molecule has 1 N–H and O–H groups in total. The number of esters is 1. The van der Waals surface area contributed by atoms with Crippen LogP contribution in [0, 0.1) is 17.8 Å². The molecule has 5 rings (SSSR count). The highest BCUT2D eigenvalue weighted by Crippen LogP contribution is 2.60. The van der Waals surface area contributed by atoms with Crippen LogP contribution in [-0.2, 0) is 30.5 Å². The van der Waals surface area contributed by atoms with E-state index in [0.29, 0.717) is 24.8 Å². The first-order chi connectivity index (χ1) is 20.2. The molecule has 2 aromatic rings. The van der Waals surface area contributed by atoms with E-state index < -0.39 is 41.6 Å². The van der Waals surface area contributed by atoms with Gasteiger partial charge in [-0.15, -0.1) is 18.3 Å². The van der Waals surface area contributed by atoms with E-state index >= 15 is 0 Å². The van der Waals surface area contributed by atoms with Crippen LogP contribution in [0.4, 0.5) is 0 Å². The van der Waals surface area contributed by atoms with Crippen LogP contribution < -0.4 is 0 Å². The molecular weight excluding hydrogens is 606 g/mol. The highest BCUT2D eigenvalue weighted by molar-refractivity contribution is 9.09. The summed E-state index contributed by atoms with van der Waals surface area (Å²) >= 11 is 3.68. The minimum Gasteiger partial charge on any atom is -0.465 e. The molecule has 3 aliphatic heterocycles. The molecule has 0 radical (unpaired) electrons. The van der Waals surface area contributed by atoms with Crippen molar-refractivity contribution in [2.24, 2.45) is 17.8 Å². The van der Waals surface area contributed by atoms with Gasteiger partial charge in [0.2, 0.25) is 11.8 Å². The maximum atomic E-state index is 14.7. The molecule has 11 nitrogen and oxygen atoms in total. The molecule has 7 atom stereocenters. The van der Waals surface area contributed by atoms with Crippen molar-refractivity contribution in [3.05, 3.63) is 49.6 Å². The summed E-state index contributed by atoms with van der Waals surface area (Å²) in [6.45, 7) is 11.6. The topological polar surface area (TPSA) is 127 Å². The van der Waals surface area contributed by atoms with Crippen molar-refractivity contribution in [3.8, 4) is 0 Å². The Balaban J connectivity index is 1.56. The molecule has 0 aliphatic carbocycles. The number of aromatic nitrogens is 3. The van der Waals surface area contributed by atoms with Crippen molar-refractivity contribution in [2.45, 2.75) is 68.4 Å². The number of fused-ring (bicyclic) bond motifs is 2. The van der Waals surface area contributed by atoms with Crippen molar-refractivity contribution in [1.82, 2.24) is 24.8 Å². The standard InChI is InChI=1S/C30H38BrN5O6/c1-5-7-13-41-29(40)23-24-27(38)36(19(16-37)14-18(3)4)26(30(24)15-20(31)25(23)42-30)28(39)34(12-6-2)17-35-22-11-9-8-10-21(22)32-33-35/h5-6,8-11,18-20,23-26,37H,1-2,7,12-17H2,3-4H3/t19-,20?,23+,24+,25+,26?,30?/m1/s1. The number of hydrogen-bond acceptors (Lipinski definition) is 8. The number of hydrogen-bond donors (Lipinski definition) is 1. The van der Waals surface area contributed by atoms with Gasteiger partial charge in [0.05, 0.1) is 42.7 Å². The number of alkyl halides is 1. The van der Waals surface area contributed by atoms with Gasteiger partial charge in [-0.05, 0) is 37.3 Å². The van der Waals surface area contributed by atoms with Crippen LogP contribution in [0.1, 0.15) is 33.1 Å². The van der Waals surface area contributed by atoms with Crippen molar-refractivity contribution in [1.29, 1.82) is 0 Å². The molecule has 3 fully saturated rings. The Bertz CT molecular complexity index is 1360. The highest BCUT2D eigenvalue weighted by atomic mass is 79.9. The lowest BCUT2D eigenvalue weighted by Gasteiger charge is -2.39. The zero-order chi connectivity index (χ0) is 30.2. The molecule has 3 aliphatic rings. The second-order valence-corrected chi connectivity index (χ2v) is 12.9. The molecule has 1 aromatic carbocycles. The van der Waals surface area contributed by atoms with Crippen LogP contribution in [0.5, 0.6) is 0 Å². The molecule has 226 valence electrons. The summed E-state index contributed by atoms with van der Waals surface area (Å²) in [7, 11) is 0. The number of rotatable bonds is 13. The first kappa shape index (κ1) is 30.4. The minimum absolute atomic E-state index is 0.0623. The Labute approximate surface area is 253 Å². The third-order valence-corrected chi connectivity index (χ3v) is 9.38. The Kier molecular flexibility index (Phi) is 8.86. The fourth-order valence-corrected chi connectivity index (χ4v) is 7.84. The maximum absolute atomic E-state index is 14.7. The summed E-state index contributed by atoms with van der Waals surface area (Å²) in [5, 5.41) is 19.0. The lowest BCUT2D eigenvalue weighted by atomic mass is 9.70. The molecule has 42 heavy (non-hydrogen) atoms. The number of carbonyl (C=O) groups is 3. The van der Waals surface area contributed by atoms with E-state index in [1.165, 1.54) is 4.90 Å². The monoisotopic (exact) mass is 643 g/mol. The molecule has 0 saturated carbocycles. The van der Waals surface area contributed by atoms with Gasteiger partial charge in [0.1, 0.15) is 23.8 Å². The summed E-state index contributed by atoms with van der Waals surface area (Å²) < 4.78 is 13.8. The van der Waals surface area contributed by atoms with Crippen LogP contribution >= 0.6 is 15.9 Å². The van der Waals surface area contributed by atoms with Crippen LogP contribution in [0.3, 0.4) is 0 Å². The molecular formula is C30H38BrN5O6. The fraction of sp³-hybridized carbons (Fsp3) is 0.567. The first-order valence-electron chi connectivity index (χ1n) is 14.4. The zero-order valence-electron chi connectivity index (χ0n) is 24.0. The molecule has 2 amide bonds. The van der Waals surface area contributed by atoms with Gasteiger partial charge in [0, 0.05) is 11.4 Å². The number of amides is 2. The Hall–Kier alpha value is -3.09. The second-order valence-electron chi connectivity index (χ2n) is 11.7. The maximum Gasteiger partial charge on any atom is 0.312 e. The lowest BCUT2D eigenvalue weighted by Crippen LogP contribution is -2.59. The van der Waals surface area contributed by atoms with Gasteiger partial charge in [-0.25, -0.2) is 4.68 Å². The quantitative estimate of drug-likeness (QED) is 0.153. The molecule has 3 unspecified atom stereocenters. The van der Waals surface area contributed by atoms with E-state index in [1.54, 1.807) is 21.7 Å². The Morgan fingerprint density at radius 3 is 2.76 bits per heavy atom. The number of nitrogens with zero attached hydrogens (tertiary/aromatic N) is 5. The summed E-state index contributed by atoms with van der Waals surface area (Å²) in [4.78, 5) is 45.3. The highest BCUT2D eigenvalue weighted by Gasteiger charge is 2.77. The molecule has 12 heteroatoms. The summed E-state index contributed by atoms with van der Waals surface area (Å²) in [5.74, 6) is -2.93.